The Balaban J connectivity index is 1.94. The van der Waals surface area contributed by atoms with E-state index in [4.69, 9.17) is 4.98 Å². The molecule has 0 radical (unpaired) electrons. The van der Waals surface area contributed by atoms with Crippen molar-refractivity contribution in [1.29, 1.82) is 0 Å². The zero-order chi connectivity index (χ0) is 12.5. The summed E-state index contributed by atoms with van der Waals surface area (Å²) < 4.78 is 2.22. The minimum atomic E-state index is 0.859. The third-order valence-corrected chi connectivity index (χ3v) is 4.52. The highest BCUT2D eigenvalue weighted by Crippen LogP contribution is 2.28. The van der Waals surface area contributed by atoms with Crippen molar-refractivity contribution >= 4 is 22.1 Å². The molecule has 0 unspecified atom stereocenters. The van der Waals surface area contributed by atoms with Crippen LogP contribution in [0.2, 0.25) is 0 Å². The molecule has 1 aliphatic rings. The fourth-order valence-electron chi connectivity index (χ4n) is 2.63. The zero-order valence-corrected chi connectivity index (χ0v) is 11.8. The van der Waals surface area contributed by atoms with Crippen LogP contribution in [-0.2, 0) is 6.54 Å². The lowest BCUT2D eigenvalue weighted by atomic mass is 9.99. The molecule has 4 nitrogen and oxygen atoms in total. The summed E-state index contributed by atoms with van der Waals surface area (Å²) >= 11 is 1.71. The smallest absolute Gasteiger partial charge is 0.195 e. The number of nitrogens with zero attached hydrogens (tertiary/aromatic N) is 3. The fourth-order valence-corrected chi connectivity index (χ4v) is 3.35. The van der Waals surface area contributed by atoms with E-state index in [9.17, 15) is 0 Å². The Hall–Kier alpha value is -1.07. The first kappa shape index (κ1) is 12.0. The number of rotatable bonds is 3. The number of fused-ring (bicyclic) bond motifs is 1. The summed E-state index contributed by atoms with van der Waals surface area (Å²) in [6.45, 7) is 5.50. The van der Waals surface area contributed by atoms with E-state index in [0.717, 1.165) is 30.5 Å². The Morgan fingerprint density at radius 3 is 2.94 bits per heavy atom. The standard InChI is InChI=1S/C13H20N4S/c1-10-3-5-16(6-4-10)12-11(9-14-2)17-7-8-18-13(17)15-12/h7-8,10,14H,3-6,9H2,1-2H3. The van der Waals surface area contributed by atoms with Gasteiger partial charge in [-0.3, -0.25) is 4.40 Å². The van der Waals surface area contributed by atoms with Gasteiger partial charge in [-0.1, -0.05) is 6.92 Å². The molecular weight excluding hydrogens is 244 g/mol. The van der Waals surface area contributed by atoms with Crippen LogP contribution in [0.5, 0.6) is 0 Å². The molecule has 0 amide bonds. The van der Waals surface area contributed by atoms with Crippen molar-refractivity contribution in [2.24, 2.45) is 5.92 Å². The van der Waals surface area contributed by atoms with Gasteiger partial charge in [0.25, 0.3) is 0 Å². The Labute approximate surface area is 112 Å². The summed E-state index contributed by atoms with van der Waals surface area (Å²) in [5.41, 5.74) is 1.29. The molecule has 1 aliphatic heterocycles. The van der Waals surface area contributed by atoms with Crippen LogP contribution >= 0.6 is 11.3 Å². The molecule has 3 heterocycles. The molecule has 1 fully saturated rings. The van der Waals surface area contributed by atoms with Crippen LogP contribution in [0.15, 0.2) is 11.6 Å². The molecule has 2 aromatic rings. The number of hydrogen-bond donors (Lipinski definition) is 1. The van der Waals surface area contributed by atoms with Gasteiger partial charge in [0.2, 0.25) is 0 Å². The van der Waals surface area contributed by atoms with Crippen LogP contribution in [0.25, 0.3) is 4.96 Å². The van der Waals surface area contributed by atoms with Crippen LogP contribution in [0.3, 0.4) is 0 Å². The van der Waals surface area contributed by atoms with Gasteiger partial charge in [-0.15, -0.1) is 11.3 Å². The van der Waals surface area contributed by atoms with Crippen molar-refractivity contribution in [3.63, 3.8) is 0 Å². The molecule has 3 rings (SSSR count). The minimum absolute atomic E-state index is 0.859. The Morgan fingerprint density at radius 2 is 2.22 bits per heavy atom. The predicted octanol–water partition coefficient (Wildman–Crippen LogP) is 2.35. The van der Waals surface area contributed by atoms with E-state index in [1.165, 1.54) is 24.4 Å². The van der Waals surface area contributed by atoms with Crippen LogP contribution < -0.4 is 10.2 Å². The molecule has 0 saturated carbocycles. The lowest BCUT2D eigenvalue weighted by Crippen LogP contribution is -2.34. The first-order valence-electron chi connectivity index (χ1n) is 6.63. The van der Waals surface area contributed by atoms with E-state index in [-0.39, 0.29) is 0 Å². The minimum Gasteiger partial charge on any atom is -0.355 e. The van der Waals surface area contributed by atoms with Gasteiger partial charge < -0.3 is 10.2 Å². The summed E-state index contributed by atoms with van der Waals surface area (Å²) in [4.78, 5) is 8.36. The second-order valence-electron chi connectivity index (χ2n) is 5.14. The number of anilines is 1. The SMILES string of the molecule is CNCc1c(N2CCC(C)CC2)nc2sccn12. The van der Waals surface area contributed by atoms with Gasteiger partial charge in [-0.25, -0.2) is 4.98 Å². The van der Waals surface area contributed by atoms with Crippen molar-refractivity contribution in [1.82, 2.24) is 14.7 Å². The summed E-state index contributed by atoms with van der Waals surface area (Å²) in [6, 6.07) is 0. The Kier molecular flexibility index (Phi) is 3.26. The lowest BCUT2D eigenvalue weighted by Gasteiger charge is -2.31. The second-order valence-corrected chi connectivity index (χ2v) is 6.01. The average molecular weight is 264 g/mol. The molecule has 0 aromatic carbocycles. The predicted molar refractivity (Wildman–Crippen MR) is 76.4 cm³/mol. The maximum absolute atomic E-state index is 4.81. The largest absolute Gasteiger partial charge is 0.355 e. The van der Waals surface area contributed by atoms with Crippen molar-refractivity contribution < 1.29 is 0 Å². The molecule has 1 saturated heterocycles. The summed E-state index contributed by atoms with van der Waals surface area (Å²) in [6.07, 6.45) is 4.68. The van der Waals surface area contributed by atoms with Crippen LogP contribution in [0.1, 0.15) is 25.5 Å². The molecule has 18 heavy (non-hydrogen) atoms. The zero-order valence-electron chi connectivity index (χ0n) is 11.0. The fraction of sp³-hybridized carbons (Fsp3) is 0.615. The normalized spacial score (nSPS) is 17.8. The topological polar surface area (TPSA) is 32.6 Å². The van der Waals surface area contributed by atoms with Crippen molar-refractivity contribution in [2.45, 2.75) is 26.3 Å². The molecule has 0 bridgehead atoms. The van der Waals surface area contributed by atoms with E-state index >= 15 is 0 Å². The quantitative estimate of drug-likeness (QED) is 0.923. The van der Waals surface area contributed by atoms with Crippen molar-refractivity contribution in [3.8, 4) is 0 Å². The van der Waals surface area contributed by atoms with E-state index in [0.29, 0.717) is 0 Å². The summed E-state index contributed by atoms with van der Waals surface area (Å²) in [7, 11) is 1.99. The number of imidazole rings is 1. The van der Waals surface area contributed by atoms with Gasteiger partial charge in [0.15, 0.2) is 10.8 Å². The molecule has 5 heteroatoms. The molecule has 0 spiro atoms. The summed E-state index contributed by atoms with van der Waals surface area (Å²) in [5, 5.41) is 5.36. The highest BCUT2D eigenvalue weighted by molar-refractivity contribution is 7.15. The maximum atomic E-state index is 4.81. The molecule has 2 aromatic heterocycles. The van der Waals surface area contributed by atoms with Gasteiger partial charge in [0, 0.05) is 31.2 Å². The first-order chi connectivity index (χ1) is 8.79. The monoisotopic (exact) mass is 264 g/mol. The summed E-state index contributed by atoms with van der Waals surface area (Å²) in [5.74, 6) is 2.04. The number of thiazole rings is 1. The molecule has 0 aliphatic carbocycles. The van der Waals surface area contributed by atoms with Gasteiger partial charge in [0.05, 0.1) is 5.69 Å². The second kappa shape index (κ2) is 4.90. The van der Waals surface area contributed by atoms with Crippen molar-refractivity contribution in [2.75, 3.05) is 25.0 Å². The van der Waals surface area contributed by atoms with Crippen LogP contribution in [0.4, 0.5) is 5.82 Å². The number of nitrogens with one attached hydrogen (secondary N) is 1. The van der Waals surface area contributed by atoms with E-state index < -0.39 is 0 Å². The lowest BCUT2D eigenvalue weighted by molar-refractivity contribution is 0.436. The van der Waals surface area contributed by atoms with Gasteiger partial charge >= 0.3 is 0 Å². The number of aromatic nitrogens is 2. The third kappa shape index (κ3) is 2.01. The number of piperidine rings is 1. The van der Waals surface area contributed by atoms with E-state index in [1.807, 2.05) is 7.05 Å². The third-order valence-electron chi connectivity index (χ3n) is 3.77. The highest BCUT2D eigenvalue weighted by atomic mass is 32.1. The van der Waals surface area contributed by atoms with E-state index in [2.05, 4.69) is 33.1 Å². The van der Waals surface area contributed by atoms with Gasteiger partial charge in [-0.05, 0) is 25.8 Å². The average Bonchev–Trinajstić information content (AvgIpc) is 2.93. The molecule has 98 valence electrons. The van der Waals surface area contributed by atoms with Gasteiger partial charge in [0.1, 0.15) is 0 Å². The Morgan fingerprint density at radius 1 is 1.44 bits per heavy atom. The van der Waals surface area contributed by atoms with Crippen LogP contribution in [0, 0.1) is 5.92 Å². The molecule has 0 atom stereocenters. The van der Waals surface area contributed by atoms with Gasteiger partial charge in [-0.2, -0.15) is 0 Å². The molecule has 1 N–H and O–H groups in total. The van der Waals surface area contributed by atoms with Crippen LogP contribution in [-0.4, -0.2) is 29.5 Å². The first-order valence-corrected chi connectivity index (χ1v) is 7.51. The molecular formula is C13H20N4S. The number of hydrogen-bond acceptors (Lipinski definition) is 4. The highest BCUT2D eigenvalue weighted by Gasteiger charge is 2.22. The maximum Gasteiger partial charge on any atom is 0.195 e. The van der Waals surface area contributed by atoms with Crippen molar-refractivity contribution in [3.05, 3.63) is 17.3 Å². The Bertz CT molecular complexity index is 522. The van der Waals surface area contributed by atoms with E-state index in [1.54, 1.807) is 11.3 Å².